The SMILES string of the molecule is CCCCCCCCCCCCCCCCC1C(=O)CCC1=O. The lowest BCUT2D eigenvalue weighted by Gasteiger charge is -2.06. The molecule has 0 radical (unpaired) electrons. The Hall–Kier alpha value is -0.660. The number of ketones is 2. The number of carbonyl (C=O) groups excluding carboxylic acids is 2. The van der Waals surface area contributed by atoms with Crippen molar-refractivity contribution in [1.29, 1.82) is 0 Å². The van der Waals surface area contributed by atoms with Crippen molar-refractivity contribution in [2.24, 2.45) is 5.92 Å². The number of unbranched alkanes of at least 4 members (excludes halogenated alkanes) is 13. The highest BCUT2D eigenvalue weighted by molar-refractivity contribution is 6.08. The molecular weight excluding hydrogens is 284 g/mol. The molecule has 0 heterocycles. The molecule has 0 saturated heterocycles. The molecule has 0 aliphatic heterocycles. The molecule has 1 rings (SSSR count). The van der Waals surface area contributed by atoms with Crippen LogP contribution >= 0.6 is 0 Å². The smallest absolute Gasteiger partial charge is 0.143 e. The average Bonchev–Trinajstić information content (AvgIpc) is 2.86. The number of hydrogen-bond acceptors (Lipinski definition) is 2. The van der Waals surface area contributed by atoms with Gasteiger partial charge in [-0.3, -0.25) is 9.59 Å². The summed E-state index contributed by atoms with van der Waals surface area (Å²) in [6.07, 6.45) is 20.7. The summed E-state index contributed by atoms with van der Waals surface area (Å²) in [5.41, 5.74) is 0. The molecule has 0 amide bonds. The highest BCUT2D eigenvalue weighted by atomic mass is 16.2. The number of Topliss-reactive ketones (excluding diaryl/α,β-unsaturated/α-hetero) is 2. The fourth-order valence-electron chi connectivity index (χ4n) is 3.64. The summed E-state index contributed by atoms with van der Waals surface area (Å²) < 4.78 is 0. The van der Waals surface area contributed by atoms with Crippen molar-refractivity contribution in [3.05, 3.63) is 0 Å². The van der Waals surface area contributed by atoms with Gasteiger partial charge in [0.1, 0.15) is 11.6 Å². The molecule has 0 spiro atoms. The van der Waals surface area contributed by atoms with E-state index in [-0.39, 0.29) is 17.5 Å². The van der Waals surface area contributed by atoms with Gasteiger partial charge in [0.05, 0.1) is 5.92 Å². The van der Waals surface area contributed by atoms with Crippen LogP contribution in [-0.2, 0) is 9.59 Å². The molecule has 2 heteroatoms. The third-order valence-electron chi connectivity index (χ3n) is 5.24. The normalized spacial score (nSPS) is 15.7. The average molecular weight is 323 g/mol. The summed E-state index contributed by atoms with van der Waals surface area (Å²) in [6.45, 7) is 2.27. The van der Waals surface area contributed by atoms with Gasteiger partial charge in [-0.2, -0.15) is 0 Å². The molecule has 0 atom stereocenters. The number of carbonyl (C=O) groups is 2. The van der Waals surface area contributed by atoms with Crippen molar-refractivity contribution in [3.63, 3.8) is 0 Å². The lowest BCUT2D eigenvalue weighted by atomic mass is 9.97. The molecule has 1 fully saturated rings. The van der Waals surface area contributed by atoms with Crippen molar-refractivity contribution < 1.29 is 9.59 Å². The van der Waals surface area contributed by atoms with Crippen LogP contribution in [0.2, 0.25) is 0 Å². The van der Waals surface area contributed by atoms with E-state index in [4.69, 9.17) is 0 Å². The van der Waals surface area contributed by atoms with E-state index in [2.05, 4.69) is 6.92 Å². The van der Waals surface area contributed by atoms with Gasteiger partial charge >= 0.3 is 0 Å². The third kappa shape index (κ3) is 9.94. The van der Waals surface area contributed by atoms with Gasteiger partial charge in [0.15, 0.2) is 0 Å². The Balaban J connectivity index is 1.76. The Morgan fingerprint density at radius 1 is 0.609 bits per heavy atom. The topological polar surface area (TPSA) is 34.1 Å². The first-order valence-electron chi connectivity index (χ1n) is 10.3. The van der Waals surface area contributed by atoms with Gasteiger partial charge in [0.2, 0.25) is 0 Å². The van der Waals surface area contributed by atoms with Crippen LogP contribution in [-0.4, -0.2) is 11.6 Å². The summed E-state index contributed by atoms with van der Waals surface area (Å²) in [7, 11) is 0. The second kappa shape index (κ2) is 13.7. The van der Waals surface area contributed by atoms with Crippen LogP contribution in [0.5, 0.6) is 0 Å². The molecule has 0 aromatic carbocycles. The molecule has 0 bridgehead atoms. The molecule has 23 heavy (non-hydrogen) atoms. The van der Waals surface area contributed by atoms with E-state index in [1.54, 1.807) is 0 Å². The van der Waals surface area contributed by atoms with Crippen LogP contribution in [0.1, 0.15) is 116 Å². The molecule has 2 nitrogen and oxygen atoms in total. The maximum Gasteiger partial charge on any atom is 0.143 e. The van der Waals surface area contributed by atoms with Crippen molar-refractivity contribution in [1.82, 2.24) is 0 Å². The Labute approximate surface area is 143 Å². The molecule has 0 aromatic rings. The second-order valence-corrected chi connectivity index (χ2v) is 7.37. The van der Waals surface area contributed by atoms with Crippen LogP contribution in [0.15, 0.2) is 0 Å². The number of rotatable bonds is 15. The van der Waals surface area contributed by atoms with Crippen LogP contribution in [0.4, 0.5) is 0 Å². The van der Waals surface area contributed by atoms with Gasteiger partial charge in [-0.25, -0.2) is 0 Å². The van der Waals surface area contributed by atoms with Gasteiger partial charge in [-0.15, -0.1) is 0 Å². The van der Waals surface area contributed by atoms with Crippen molar-refractivity contribution in [2.75, 3.05) is 0 Å². The zero-order chi connectivity index (χ0) is 16.8. The summed E-state index contributed by atoms with van der Waals surface area (Å²) in [5.74, 6) is 0.168. The minimum atomic E-state index is -0.229. The Kier molecular flexibility index (Phi) is 12.2. The van der Waals surface area contributed by atoms with Gasteiger partial charge in [-0.1, -0.05) is 96.8 Å². The minimum absolute atomic E-state index is 0.199. The van der Waals surface area contributed by atoms with Gasteiger partial charge in [-0.05, 0) is 6.42 Å². The molecule has 134 valence electrons. The molecule has 0 N–H and O–H groups in total. The zero-order valence-electron chi connectivity index (χ0n) is 15.4. The lowest BCUT2D eigenvalue weighted by molar-refractivity contribution is -0.127. The van der Waals surface area contributed by atoms with E-state index in [0.29, 0.717) is 12.8 Å². The molecule has 0 aromatic heterocycles. The first-order chi connectivity index (χ1) is 11.3. The minimum Gasteiger partial charge on any atom is -0.299 e. The van der Waals surface area contributed by atoms with Gasteiger partial charge < -0.3 is 0 Å². The van der Waals surface area contributed by atoms with E-state index < -0.39 is 0 Å². The monoisotopic (exact) mass is 322 g/mol. The lowest BCUT2D eigenvalue weighted by Crippen LogP contribution is -2.13. The van der Waals surface area contributed by atoms with Crippen LogP contribution in [0, 0.1) is 5.92 Å². The predicted octanol–water partition coefficient (Wildman–Crippen LogP) is 6.41. The maximum absolute atomic E-state index is 11.5. The molecule has 0 unspecified atom stereocenters. The molecule has 1 saturated carbocycles. The Bertz CT molecular complexity index is 306. The molecule has 1 aliphatic rings. The first kappa shape index (κ1) is 20.4. The van der Waals surface area contributed by atoms with Gasteiger partial charge in [0.25, 0.3) is 0 Å². The fourth-order valence-corrected chi connectivity index (χ4v) is 3.64. The molecular formula is C21H38O2. The predicted molar refractivity (Wildman–Crippen MR) is 97.7 cm³/mol. The van der Waals surface area contributed by atoms with E-state index in [1.807, 2.05) is 0 Å². The second-order valence-electron chi connectivity index (χ2n) is 7.37. The van der Waals surface area contributed by atoms with E-state index in [0.717, 1.165) is 12.8 Å². The first-order valence-corrected chi connectivity index (χ1v) is 10.3. The van der Waals surface area contributed by atoms with E-state index >= 15 is 0 Å². The Morgan fingerprint density at radius 3 is 1.35 bits per heavy atom. The Morgan fingerprint density at radius 2 is 0.957 bits per heavy atom. The van der Waals surface area contributed by atoms with Crippen molar-refractivity contribution >= 4 is 11.6 Å². The summed E-state index contributed by atoms with van der Waals surface area (Å²) in [6, 6.07) is 0. The standard InChI is InChI=1S/C21H38O2/c1-2-3-4-5-6-7-8-9-10-11-12-13-14-15-16-19-20(22)17-18-21(19)23/h19H,2-18H2,1H3. The summed E-state index contributed by atoms with van der Waals surface area (Å²) >= 11 is 0. The van der Waals surface area contributed by atoms with E-state index in [9.17, 15) is 9.59 Å². The third-order valence-corrected chi connectivity index (χ3v) is 5.24. The summed E-state index contributed by atoms with van der Waals surface area (Å²) in [5, 5.41) is 0. The van der Waals surface area contributed by atoms with Gasteiger partial charge in [0, 0.05) is 12.8 Å². The van der Waals surface area contributed by atoms with Crippen molar-refractivity contribution in [3.8, 4) is 0 Å². The highest BCUT2D eigenvalue weighted by Crippen LogP contribution is 2.23. The van der Waals surface area contributed by atoms with Crippen molar-refractivity contribution in [2.45, 2.75) is 116 Å². The molecule has 1 aliphatic carbocycles. The quantitative estimate of drug-likeness (QED) is 0.258. The largest absolute Gasteiger partial charge is 0.299 e. The maximum atomic E-state index is 11.5. The number of hydrogen-bond donors (Lipinski definition) is 0. The zero-order valence-corrected chi connectivity index (χ0v) is 15.4. The van der Waals surface area contributed by atoms with E-state index in [1.165, 1.54) is 83.5 Å². The van der Waals surface area contributed by atoms with Crippen LogP contribution < -0.4 is 0 Å². The fraction of sp³-hybridized carbons (Fsp3) is 0.905. The van der Waals surface area contributed by atoms with Crippen LogP contribution in [0.25, 0.3) is 0 Å². The summed E-state index contributed by atoms with van der Waals surface area (Å²) in [4.78, 5) is 23.1. The van der Waals surface area contributed by atoms with Crippen LogP contribution in [0.3, 0.4) is 0 Å². The highest BCUT2D eigenvalue weighted by Gasteiger charge is 2.31.